The average molecular weight is 218 g/mol. The third-order valence-electron chi connectivity index (χ3n) is 2.95. The lowest BCUT2D eigenvalue weighted by Gasteiger charge is -2.06. The van der Waals surface area contributed by atoms with Gasteiger partial charge < -0.3 is 10.6 Å². The quantitative estimate of drug-likeness (QED) is 0.814. The van der Waals surface area contributed by atoms with E-state index in [1.165, 1.54) is 0 Å². The van der Waals surface area contributed by atoms with Gasteiger partial charge in [-0.2, -0.15) is 0 Å². The first-order valence-corrected chi connectivity index (χ1v) is 5.85. The molecule has 2 rings (SSSR count). The van der Waals surface area contributed by atoms with Gasteiger partial charge in [0.05, 0.1) is 0 Å². The number of carbonyl (C=O) groups is 1. The summed E-state index contributed by atoms with van der Waals surface area (Å²) < 4.78 is 0. The summed E-state index contributed by atoms with van der Waals surface area (Å²) in [7, 11) is 0. The molecule has 3 heteroatoms. The highest BCUT2D eigenvalue weighted by Gasteiger charge is 2.33. The molecule has 1 saturated carbocycles. The zero-order valence-electron chi connectivity index (χ0n) is 9.79. The SMILES string of the molecule is CCNc1ccc(C(=O)NC2CC2C)cc1. The second kappa shape index (κ2) is 4.56. The lowest BCUT2D eigenvalue weighted by atomic mass is 10.2. The molecule has 2 atom stereocenters. The van der Waals surface area contributed by atoms with Crippen molar-refractivity contribution in [3.8, 4) is 0 Å². The third-order valence-corrected chi connectivity index (χ3v) is 2.95. The largest absolute Gasteiger partial charge is 0.385 e. The molecule has 1 aromatic rings. The van der Waals surface area contributed by atoms with Crippen molar-refractivity contribution in [3.05, 3.63) is 29.8 Å². The molecule has 0 aromatic heterocycles. The van der Waals surface area contributed by atoms with Crippen molar-refractivity contribution in [2.45, 2.75) is 26.3 Å². The van der Waals surface area contributed by atoms with Crippen LogP contribution in [0.2, 0.25) is 0 Å². The number of amides is 1. The molecule has 16 heavy (non-hydrogen) atoms. The van der Waals surface area contributed by atoms with Gasteiger partial charge in [-0.3, -0.25) is 4.79 Å². The second-order valence-electron chi connectivity index (χ2n) is 4.40. The molecule has 0 heterocycles. The molecule has 1 fully saturated rings. The Morgan fingerprint density at radius 3 is 2.50 bits per heavy atom. The molecule has 1 aliphatic carbocycles. The number of rotatable bonds is 4. The van der Waals surface area contributed by atoms with Crippen LogP contribution < -0.4 is 10.6 Å². The predicted molar refractivity (Wildman–Crippen MR) is 65.6 cm³/mol. The lowest BCUT2D eigenvalue weighted by Crippen LogP contribution is -2.26. The van der Waals surface area contributed by atoms with Crippen LogP contribution in [0, 0.1) is 5.92 Å². The zero-order chi connectivity index (χ0) is 11.5. The minimum absolute atomic E-state index is 0.0393. The van der Waals surface area contributed by atoms with E-state index in [0.29, 0.717) is 12.0 Å². The van der Waals surface area contributed by atoms with Gasteiger partial charge in [0, 0.05) is 23.8 Å². The number of anilines is 1. The average Bonchev–Trinajstić information content (AvgIpc) is 2.95. The number of nitrogens with one attached hydrogen (secondary N) is 2. The predicted octanol–water partition coefficient (Wildman–Crippen LogP) is 2.26. The van der Waals surface area contributed by atoms with Crippen molar-refractivity contribution in [1.82, 2.24) is 5.32 Å². The Morgan fingerprint density at radius 2 is 2.00 bits per heavy atom. The monoisotopic (exact) mass is 218 g/mol. The molecule has 0 aliphatic heterocycles. The molecular weight excluding hydrogens is 200 g/mol. The van der Waals surface area contributed by atoms with Gasteiger partial charge in [-0.05, 0) is 43.5 Å². The number of carbonyl (C=O) groups excluding carboxylic acids is 1. The highest BCUT2D eigenvalue weighted by molar-refractivity contribution is 5.94. The molecule has 1 aromatic carbocycles. The van der Waals surface area contributed by atoms with E-state index in [-0.39, 0.29) is 5.91 Å². The molecule has 2 unspecified atom stereocenters. The fourth-order valence-corrected chi connectivity index (χ4v) is 1.72. The summed E-state index contributed by atoms with van der Waals surface area (Å²) in [5.41, 5.74) is 1.79. The van der Waals surface area contributed by atoms with Gasteiger partial charge in [0.2, 0.25) is 0 Å². The van der Waals surface area contributed by atoms with Crippen LogP contribution in [0.1, 0.15) is 30.6 Å². The minimum atomic E-state index is 0.0393. The topological polar surface area (TPSA) is 41.1 Å². The summed E-state index contributed by atoms with van der Waals surface area (Å²) in [6.07, 6.45) is 1.11. The van der Waals surface area contributed by atoms with Crippen LogP contribution in [0.5, 0.6) is 0 Å². The van der Waals surface area contributed by atoms with Crippen molar-refractivity contribution in [2.75, 3.05) is 11.9 Å². The first-order chi connectivity index (χ1) is 7.70. The van der Waals surface area contributed by atoms with Crippen LogP contribution in [0.15, 0.2) is 24.3 Å². The van der Waals surface area contributed by atoms with Gasteiger partial charge in [0.25, 0.3) is 5.91 Å². The molecule has 1 aliphatic rings. The van der Waals surface area contributed by atoms with Crippen LogP contribution >= 0.6 is 0 Å². The summed E-state index contributed by atoms with van der Waals surface area (Å²) in [5, 5.41) is 6.21. The summed E-state index contributed by atoms with van der Waals surface area (Å²) in [6.45, 7) is 5.10. The van der Waals surface area contributed by atoms with Crippen molar-refractivity contribution in [2.24, 2.45) is 5.92 Å². The van der Waals surface area contributed by atoms with Crippen LogP contribution in [0.3, 0.4) is 0 Å². The number of hydrogen-bond donors (Lipinski definition) is 2. The fraction of sp³-hybridized carbons (Fsp3) is 0.462. The van der Waals surface area contributed by atoms with Gasteiger partial charge in [-0.25, -0.2) is 0 Å². The van der Waals surface area contributed by atoms with E-state index >= 15 is 0 Å². The highest BCUT2D eigenvalue weighted by atomic mass is 16.1. The van der Waals surface area contributed by atoms with E-state index in [1.54, 1.807) is 0 Å². The second-order valence-corrected chi connectivity index (χ2v) is 4.40. The van der Waals surface area contributed by atoms with Crippen molar-refractivity contribution in [3.63, 3.8) is 0 Å². The van der Waals surface area contributed by atoms with Gasteiger partial charge in [0.15, 0.2) is 0 Å². The summed E-state index contributed by atoms with van der Waals surface area (Å²) >= 11 is 0. The Labute approximate surface area is 96.2 Å². The van der Waals surface area contributed by atoms with E-state index in [1.807, 2.05) is 24.3 Å². The lowest BCUT2D eigenvalue weighted by molar-refractivity contribution is 0.0949. The smallest absolute Gasteiger partial charge is 0.251 e. The summed E-state index contributed by atoms with van der Waals surface area (Å²) in [5.74, 6) is 0.683. The molecule has 0 saturated heterocycles. The first kappa shape index (κ1) is 11.0. The Balaban J connectivity index is 1.95. The first-order valence-electron chi connectivity index (χ1n) is 5.85. The Hall–Kier alpha value is -1.51. The molecule has 0 radical (unpaired) electrons. The number of hydrogen-bond acceptors (Lipinski definition) is 2. The zero-order valence-corrected chi connectivity index (χ0v) is 9.79. The molecule has 1 amide bonds. The Morgan fingerprint density at radius 1 is 1.38 bits per heavy atom. The molecule has 0 spiro atoms. The molecule has 0 bridgehead atoms. The van der Waals surface area contributed by atoms with Gasteiger partial charge >= 0.3 is 0 Å². The Bertz CT molecular complexity index is 372. The molecule has 86 valence electrons. The van der Waals surface area contributed by atoms with Gasteiger partial charge in [0.1, 0.15) is 0 Å². The van der Waals surface area contributed by atoms with E-state index in [9.17, 15) is 4.79 Å². The maximum Gasteiger partial charge on any atom is 0.251 e. The Kier molecular flexibility index (Phi) is 3.13. The standard InChI is InChI=1S/C13H18N2O/c1-3-14-11-6-4-10(5-7-11)13(16)15-12-8-9(12)2/h4-7,9,12,14H,3,8H2,1-2H3,(H,15,16). The minimum Gasteiger partial charge on any atom is -0.385 e. The molecule has 2 N–H and O–H groups in total. The van der Waals surface area contributed by atoms with Crippen LogP contribution in [-0.4, -0.2) is 18.5 Å². The van der Waals surface area contributed by atoms with E-state index in [0.717, 1.165) is 24.2 Å². The fourth-order valence-electron chi connectivity index (χ4n) is 1.72. The van der Waals surface area contributed by atoms with E-state index in [2.05, 4.69) is 24.5 Å². The van der Waals surface area contributed by atoms with E-state index < -0.39 is 0 Å². The van der Waals surface area contributed by atoms with E-state index in [4.69, 9.17) is 0 Å². The van der Waals surface area contributed by atoms with Gasteiger partial charge in [-0.15, -0.1) is 0 Å². The maximum atomic E-state index is 11.8. The third kappa shape index (κ3) is 2.54. The summed E-state index contributed by atoms with van der Waals surface area (Å²) in [6, 6.07) is 7.99. The summed E-state index contributed by atoms with van der Waals surface area (Å²) in [4.78, 5) is 11.8. The van der Waals surface area contributed by atoms with Crippen LogP contribution in [-0.2, 0) is 0 Å². The molecule has 3 nitrogen and oxygen atoms in total. The van der Waals surface area contributed by atoms with Crippen molar-refractivity contribution in [1.29, 1.82) is 0 Å². The van der Waals surface area contributed by atoms with Crippen LogP contribution in [0.25, 0.3) is 0 Å². The van der Waals surface area contributed by atoms with Crippen LogP contribution in [0.4, 0.5) is 5.69 Å². The van der Waals surface area contributed by atoms with Crippen molar-refractivity contribution < 1.29 is 4.79 Å². The normalized spacial score (nSPS) is 22.6. The molecular formula is C13H18N2O. The maximum absolute atomic E-state index is 11.8. The van der Waals surface area contributed by atoms with Gasteiger partial charge in [-0.1, -0.05) is 6.92 Å². The van der Waals surface area contributed by atoms with Crippen molar-refractivity contribution >= 4 is 11.6 Å². The number of benzene rings is 1. The highest BCUT2D eigenvalue weighted by Crippen LogP contribution is 2.29.